The molecule has 0 saturated heterocycles. The van der Waals surface area contributed by atoms with E-state index in [4.69, 9.17) is 0 Å². The molecule has 0 amide bonds. The molecule has 5 aromatic rings. The van der Waals surface area contributed by atoms with Crippen molar-refractivity contribution in [3.05, 3.63) is 112 Å². The summed E-state index contributed by atoms with van der Waals surface area (Å²) in [7, 11) is -1.02. The molecule has 4 atom stereocenters. The van der Waals surface area contributed by atoms with Gasteiger partial charge in [-0.05, 0) is 180 Å². The minimum absolute atomic E-state index is 0.00471. The van der Waals surface area contributed by atoms with Gasteiger partial charge in [0.05, 0.1) is 11.1 Å². The van der Waals surface area contributed by atoms with Crippen molar-refractivity contribution < 1.29 is 0 Å². The lowest BCUT2D eigenvalue weighted by atomic mass is 9.33. The predicted octanol–water partition coefficient (Wildman–Crippen LogP) is 14.0. The monoisotopic (exact) mass is 868 g/mol. The highest BCUT2D eigenvalue weighted by Crippen LogP contribution is 2.66. The van der Waals surface area contributed by atoms with Crippen LogP contribution in [0.15, 0.2) is 83.8 Å². The number of hydrogen-bond acceptors (Lipinski definition) is 3. The van der Waals surface area contributed by atoms with Crippen LogP contribution in [0, 0.1) is 13.8 Å². The first-order valence-electron chi connectivity index (χ1n) is 24.7. The molecule has 2 saturated carbocycles. The number of nitrogens with zero attached hydrogens (tertiary/aromatic N) is 3. The van der Waals surface area contributed by atoms with Crippen molar-refractivity contribution in [2.75, 3.05) is 33.5 Å². The molecule has 6 aliphatic rings. The smallest absolute Gasteiger partial charge is 0.252 e. The summed E-state index contributed by atoms with van der Waals surface area (Å²) in [4.78, 5) is 10.1. The molecule has 2 aliphatic carbocycles. The van der Waals surface area contributed by atoms with E-state index in [1.54, 1.807) is 16.0 Å². The van der Waals surface area contributed by atoms with Crippen molar-refractivity contribution in [1.82, 2.24) is 0 Å². The lowest BCUT2D eigenvalue weighted by Gasteiger charge is -2.54. The van der Waals surface area contributed by atoms with Crippen molar-refractivity contribution >= 4 is 72.9 Å². The molecular weight excluding hydrogens is 794 g/mol. The van der Waals surface area contributed by atoms with Crippen LogP contribution in [-0.4, -0.2) is 36.6 Å². The summed E-state index contributed by atoms with van der Waals surface area (Å²) in [6, 6.07) is 33.0. The second kappa shape index (κ2) is 13.3. The zero-order valence-corrected chi connectivity index (χ0v) is 42.8. The van der Waals surface area contributed by atoms with E-state index >= 15 is 0 Å². The van der Waals surface area contributed by atoms with Crippen LogP contribution < -0.4 is 31.1 Å². The van der Waals surface area contributed by atoms with Crippen molar-refractivity contribution in [2.45, 2.75) is 172 Å². The molecule has 4 unspecified atom stereocenters. The van der Waals surface area contributed by atoms with Crippen LogP contribution in [0.3, 0.4) is 0 Å². The third-order valence-corrected chi connectivity index (χ3v) is 20.0. The van der Waals surface area contributed by atoms with E-state index < -0.39 is 10.0 Å². The Morgan fingerprint density at radius 2 is 1.19 bits per heavy atom. The quantitative estimate of drug-likeness (QED) is 0.164. The Balaban J connectivity index is 1.31. The minimum atomic E-state index is -1.02. The van der Waals surface area contributed by atoms with Gasteiger partial charge in [0, 0.05) is 50.6 Å². The normalized spacial score (nSPS) is 26.9. The van der Waals surface area contributed by atoms with Crippen molar-refractivity contribution in [1.29, 1.82) is 0 Å². The number of aryl methyl sites for hydroxylation is 2. The van der Waals surface area contributed by atoms with E-state index in [2.05, 4.69) is 195 Å². The highest BCUT2D eigenvalue weighted by molar-refractivity contribution is 8.32. The average molecular weight is 868 g/mol. The summed E-state index contributed by atoms with van der Waals surface area (Å²) in [5, 5.41) is 0. The Morgan fingerprint density at radius 3 is 1.86 bits per heavy atom. The van der Waals surface area contributed by atoms with E-state index in [9.17, 15) is 0 Å². The molecule has 0 radical (unpaired) electrons. The zero-order chi connectivity index (χ0) is 45.5. The number of hydrogen-bond donors (Lipinski definition) is 0. The van der Waals surface area contributed by atoms with Gasteiger partial charge in [-0.25, -0.2) is 10.0 Å². The molecule has 0 aromatic heterocycles. The molecule has 0 bridgehead atoms. The van der Waals surface area contributed by atoms with Crippen molar-refractivity contribution in [3.8, 4) is 0 Å². The van der Waals surface area contributed by atoms with Gasteiger partial charge in [0.25, 0.3) is 6.71 Å². The number of fused-ring (bicyclic) bond motifs is 10. The van der Waals surface area contributed by atoms with Crippen LogP contribution in [0.2, 0.25) is 0 Å². The maximum Gasteiger partial charge on any atom is 0.252 e. The SMILES string of the molecule is Cc1cc(C)c2c(c1)N(c1cc3c4c(c1)N1c5c(cc(S(C)(C)C)cc5C5(C)CCCCC15C)B4c1ccc(C(C)(C)C)cc1N3c1cccc(C(C)(C)C)c1)C1(C)CCCCC21C. The van der Waals surface area contributed by atoms with Crippen LogP contribution in [0.1, 0.15) is 154 Å². The predicted molar refractivity (Wildman–Crippen MR) is 282 cm³/mol. The van der Waals surface area contributed by atoms with E-state index in [-0.39, 0.29) is 39.5 Å². The molecule has 2 fully saturated rings. The average Bonchev–Trinajstić information content (AvgIpc) is 3.56. The number of rotatable bonds is 3. The van der Waals surface area contributed by atoms with E-state index in [1.165, 1.54) is 130 Å². The van der Waals surface area contributed by atoms with Gasteiger partial charge in [-0.3, -0.25) is 0 Å². The molecule has 0 spiro atoms. The van der Waals surface area contributed by atoms with Crippen LogP contribution >= 0.6 is 10.0 Å². The Morgan fingerprint density at radius 1 is 0.562 bits per heavy atom. The Labute approximate surface area is 388 Å². The zero-order valence-electron chi connectivity index (χ0n) is 42.0. The second-order valence-electron chi connectivity index (χ2n) is 25.0. The highest BCUT2D eigenvalue weighted by Gasteiger charge is 2.63. The summed E-state index contributed by atoms with van der Waals surface area (Å²) < 4.78 is 0. The molecule has 5 heteroatoms. The molecule has 334 valence electrons. The molecular formula is C59H74BN3S. The van der Waals surface area contributed by atoms with Gasteiger partial charge < -0.3 is 14.7 Å². The summed E-state index contributed by atoms with van der Waals surface area (Å²) in [5.74, 6) is 0. The highest BCUT2D eigenvalue weighted by atomic mass is 32.3. The van der Waals surface area contributed by atoms with Gasteiger partial charge in [-0.1, -0.05) is 117 Å². The van der Waals surface area contributed by atoms with Gasteiger partial charge in [0.15, 0.2) is 0 Å². The van der Waals surface area contributed by atoms with Gasteiger partial charge in [0.1, 0.15) is 0 Å². The fraction of sp³-hybridized carbons (Fsp3) is 0.492. The Hall–Kier alpha value is -4.09. The summed E-state index contributed by atoms with van der Waals surface area (Å²) in [6.45, 7) is 29.6. The first kappa shape index (κ1) is 42.5. The lowest BCUT2D eigenvalue weighted by Crippen LogP contribution is -2.64. The Kier molecular flexibility index (Phi) is 8.84. The summed E-state index contributed by atoms with van der Waals surface area (Å²) in [5.41, 5.74) is 22.9. The van der Waals surface area contributed by atoms with Crippen LogP contribution in [0.25, 0.3) is 0 Å². The van der Waals surface area contributed by atoms with E-state index in [0.717, 1.165) is 0 Å². The maximum atomic E-state index is 2.97. The van der Waals surface area contributed by atoms with Gasteiger partial charge in [0.2, 0.25) is 0 Å². The fourth-order valence-electron chi connectivity index (χ4n) is 14.4. The molecule has 11 rings (SSSR count). The topological polar surface area (TPSA) is 9.72 Å². The molecule has 4 heterocycles. The number of benzene rings is 5. The largest absolute Gasteiger partial charge is 0.335 e. The maximum absolute atomic E-state index is 2.97. The lowest BCUT2D eigenvalue weighted by molar-refractivity contribution is 0.193. The second-order valence-corrected chi connectivity index (χ2v) is 29.2. The van der Waals surface area contributed by atoms with Gasteiger partial charge >= 0.3 is 0 Å². The third kappa shape index (κ3) is 5.49. The van der Waals surface area contributed by atoms with E-state index in [0.29, 0.717) is 0 Å². The van der Waals surface area contributed by atoms with Crippen LogP contribution in [0.4, 0.5) is 39.8 Å². The van der Waals surface area contributed by atoms with Gasteiger partial charge in [-0.2, -0.15) is 0 Å². The molecule has 0 N–H and O–H groups in total. The number of anilines is 7. The van der Waals surface area contributed by atoms with Crippen LogP contribution in [0.5, 0.6) is 0 Å². The van der Waals surface area contributed by atoms with Crippen LogP contribution in [-0.2, 0) is 21.7 Å². The summed E-state index contributed by atoms with van der Waals surface area (Å²) in [6.07, 6.45) is 17.5. The van der Waals surface area contributed by atoms with E-state index in [1.807, 2.05) is 0 Å². The van der Waals surface area contributed by atoms with Gasteiger partial charge in [-0.15, -0.1) is 0 Å². The molecule has 4 aliphatic heterocycles. The third-order valence-electron chi connectivity index (χ3n) is 18.3. The molecule has 3 nitrogen and oxygen atoms in total. The van der Waals surface area contributed by atoms with Crippen molar-refractivity contribution in [3.63, 3.8) is 0 Å². The Bertz CT molecular complexity index is 2820. The first-order valence-corrected chi connectivity index (χ1v) is 27.6. The standard InChI is InChI=1S/C59H74BN3S/c1-37-29-38(2)51-48(30-37)62(59(12)28-19-17-26-57(51,59)10)42-33-49-52-50(34-42)63-53-44(56(9)25-16-18-27-58(56,63)11)35-43(64(13,14)15)36-46(53)60(52)45-24-23-40(55(6,7)8)32-47(45)61(49)41-22-20-21-39(31-41)54(3,4)5/h20-24,29-36H,16-19,25-28H2,1-15H3. The summed E-state index contributed by atoms with van der Waals surface area (Å²) >= 11 is 0. The van der Waals surface area contributed by atoms with Crippen molar-refractivity contribution in [2.24, 2.45) is 0 Å². The first-order chi connectivity index (χ1) is 29.9. The molecule has 64 heavy (non-hydrogen) atoms. The molecule has 5 aromatic carbocycles. The minimum Gasteiger partial charge on any atom is -0.335 e. The fourth-order valence-corrected chi connectivity index (χ4v) is 15.4.